The number of nitrogens with zero attached hydrogens (tertiary/aromatic N) is 2. The Morgan fingerprint density at radius 1 is 0.933 bits per heavy atom. The van der Waals surface area contributed by atoms with Crippen LogP contribution < -0.4 is 4.90 Å². The van der Waals surface area contributed by atoms with Gasteiger partial charge in [0.2, 0.25) is 0 Å². The van der Waals surface area contributed by atoms with Crippen molar-refractivity contribution in [2.24, 2.45) is 0 Å². The molecule has 0 atom stereocenters. The number of allylic oxidation sites excluding steroid dienone is 17. The van der Waals surface area contributed by atoms with Gasteiger partial charge in [0.1, 0.15) is 0 Å². The number of nitriles is 1. The van der Waals surface area contributed by atoms with Crippen molar-refractivity contribution in [2.75, 3.05) is 4.90 Å². The standard InChI is InChI=1S/C41H45N.C2H3N/c1-9-35(27-28-36-18-15-17-32(6)34(8)37(10-2)21-16-19-36)26-25-33(7)42(39-29-23-31(5)24-30-39)41(12-4)40-22-14-13-20-38(40)11-3;1-2-3/h9-15,18-30H,1-3,16-17H2,4-8H3;1H3/b18-15-,28-27+,33-25+,34-32-,35-26+,36-19+,37-21-,41-12+;. The molecule has 3 rings (SSSR count). The SMILES string of the molecule is C=CC1=C/C/C=C(/C=C/C(C=C)=C/C=C(\C)N(/C(=C/C)c2ccccc2C=C)c2ccc(C)cc2)\C=C/C/C(C)=C\1C.CC#N. The van der Waals surface area contributed by atoms with Crippen molar-refractivity contribution in [2.45, 2.75) is 54.4 Å². The molecule has 45 heavy (non-hydrogen) atoms. The quantitative estimate of drug-likeness (QED) is 0.257. The third-order valence-corrected chi connectivity index (χ3v) is 7.56. The minimum absolute atomic E-state index is 0.853. The summed E-state index contributed by atoms with van der Waals surface area (Å²) in [5.41, 5.74) is 12.9. The molecule has 0 spiro atoms. The molecular weight excluding hydrogens is 544 g/mol. The molecule has 2 aromatic rings. The normalized spacial score (nSPS) is 19.1. The highest BCUT2D eigenvalue weighted by atomic mass is 15.2. The van der Waals surface area contributed by atoms with E-state index in [1.54, 1.807) is 6.07 Å². The summed E-state index contributed by atoms with van der Waals surface area (Å²) < 4.78 is 0. The monoisotopic (exact) mass is 592 g/mol. The highest BCUT2D eigenvalue weighted by Crippen LogP contribution is 2.33. The van der Waals surface area contributed by atoms with Crippen molar-refractivity contribution >= 4 is 17.5 Å². The maximum atomic E-state index is 7.32. The minimum atomic E-state index is 0.853. The molecule has 0 radical (unpaired) electrons. The first-order chi connectivity index (χ1) is 21.7. The van der Waals surface area contributed by atoms with Crippen molar-refractivity contribution in [3.05, 3.63) is 185 Å². The predicted octanol–water partition coefficient (Wildman–Crippen LogP) is 12.3. The average Bonchev–Trinajstić information content (AvgIpc) is 3.05. The molecule has 0 aromatic heterocycles. The van der Waals surface area contributed by atoms with E-state index in [1.807, 2.05) is 18.2 Å². The van der Waals surface area contributed by atoms with Crippen LogP contribution in [0.5, 0.6) is 0 Å². The van der Waals surface area contributed by atoms with Gasteiger partial charge in [-0.25, -0.2) is 0 Å². The molecule has 1 aliphatic carbocycles. The summed E-state index contributed by atoms with van der Waals surface area (Å²) in [4.78, 5) is 2.30. The lowest BCUT2D eigenvalue weighted by Crippen LogP contribution is -2.20. The van der Waals surface area contributed by atoms with Crippen LogP contribution in [-0.2, 0) is 0 Å². The molecule has 2 nitrogen and oxygen atoms in total. The average molecular weight is 593 g/mol. The maximum Gasteiger partial charge on any atom is 0.0587 e. The molecular formula is C43H48N2. The van der Waals surface area contributed by atoms with Crippen LogP contribution >= 0.6 is 0 Å². The molecule has 0 aliphatic heterocycles. The summed E-state index contributed by atoms with van der Waals surface area (Å²) in [6.45, 7) is 24.3. The van der Waals surface area contributed by atoms with E-state index in [-0.39, 0.29) is 0 Å². The van der Waals surface area contributed by atoms with Crippen LogP contribution in [0, 0.1) is 18.3 Å². The Balaban J connectivity index is 0.00000226. The topological polar surface area (TPSA) is 27.0 Å². The van der Waals surface area contributed by atoms with Gasteiger partial charge in [0.25, 0.3) is 0 Å². The summed E-state index contributed by atoms with van der Waals surface area (Å²) in [5.74, 6) is 0. The van der Waals surface area contributed by atoms with E-state index in [9.17, 15) is 0 Å². The summed E-state index contributed by atoms with van der Waals surface area (Å²) >= 11 is 0. The number of rotatable bonds is 10. The predicted molar refractivity (Wildman–Crippen MR) is 199 cm³/mol. The molecule has 0 bridgehead atoms. The molecule has 1 aliphatic rings. The Labute approximate surface area is 272 Å². The number of benzene rings is 2. The second-order valence-electron chi connectivity index (χ2n) is 10.7. The van der Waals surface area contributed by atoms with Gasteiger partial charge < -0.3 is 4.90 Å². The molecule has 0 N–H and O–H groups in total. The lowest BCUT2D eigenvalue weighted by atomic mass is 9.97. The molecule has 0 amide bonds. The fraction of sp³-hybridized carbons (Fsp3) is 0.186. The Morgan fingerprint density at radius 2 is 1.62 bits per heavy atom. The molecule has 2 aromatic carbocycles. The van der Waals surface area contributed by atoms with Gasteiger partial charge >= 0.3 is 0 Å². The summed E-state index contributed by atoms with van der Waals surface area (Å²) in [6, 6.07) is 18.8. The molecule has 2 heteroatoms. The molecule has 0 saturated heterocycles. The van der Waals surface area contributed by atoms with Crippen LogP contribution in [0.3, 0.4) is 0 Å². The van der Waals surface area contributed by atoms with E-state index in [2.05, 4.69) is 162 Å². The fourth-order valence-corrected chi connectivity index (χ4v) is 4.89. The van der Waals surface area contributed by atoms with E-state index in [4.69, 9.17) is 5.26 Å². The highest BCUT2D eigenvalue weighted by molar-refractivity contribution is 5.86. The van der Waals surface area contributed by atoms with Crippen LogP contribution in [-0.4, -0.2) is 0 Å². The first-order valence-corrected chi connectivity index (χ1v) is 15.3. The smallest absolute Gasteiger partial charge is 0.0587 e. The van der Waals surface area contributed by atoms with Crippen molar-refractivity contribution in [3.63, 3.8) is 0 Å². The number of hydrogen-bond donors (Lipinski definition) is 0. The number of anilines is 1. The zero-order valence-electron chi connectivity index (χ0n) is 28.0. The van der Waals surface area contributed by atoms with Crippen molar-refractivity contribution in [1.29, 1.82) is 5.26 Å². The Bertz CT molecular complexity index is 1630. The Kier molecular flexibility index (Phi) is 15.4. The van der Waals surface area contributed by atoms with Crippen LogP contribution in [0.25, 0.3) is 11.8 Å². The van der Waals surface area contributed by atoms with Gasteiger partial charge in [0, 0.05) is 29.6 Å². The highest BCUT2D eigenvalue weighted by Gasteiger charge is 2.17. The van der Waals surface area contributed by atoms with E-state index in [0.29, 0.717) is 0 Å². The van der Waals surface area contributed by atoms with Crippen LogP contribution in [0.2, 0.25) is 0 Å². The van der Waals surface area contributed by atoms with Crippen molar-refractivity contribution < 1.29 is 0 Å². The van der Waals surface area contributed by atoms with E-state index >= 15 is 0 Å². The third-order valence-electron chi connectivity index (χ3n) is 7.56. The molecule has 0 unspecified atom stereocenters. The van der Waals surface area contributed by atoms with Gasteiger partial charge in [-0.05, 0) is 93.5 Å². The van der Waals surface area contributed by atoms with E-state index < -0.39 is 0 Å². The lowest BCUT2D eigenvalue weighted by molar-refractivity contribution is 1.13. The van der Waals surface area contributed by atoms with Crippen LogP contribution in [0.15, 0.2) is 169 Å². The molecule has 230 valence electrons. The minimum Gasteiger partial charge on any atom is -0.314 e. The summed E-state index contributed by atoms with van der Waals surface area (Å²) in [5, 5.41) is 7.32. The van der Waals surface area contributed by atoms with Gasteiger partial charge in [-0.2, -0.15) is 5.26 Å². The van der Waals surface area contributed by atoms with E-state index in [1.165, 1.54) is 34.8 Å². The number of hydrogen-bond acceptors (Lipinski definition) is 2. The Morgan fingerprint density at radius 3 is 2.24 bits per heavy atom. The van der Waals surface area contributed by atoms with Gasteiger partial charge in [-0.3, -0.25) is 0 Å². The van der Waals surface area contributed by atoms with Gasteiger partial charge in [-0.1, -0.05) is 134 Å². The summed E-state index contributed by atoms with van der Waals surface area (Å²) in [7, 11) is 0. The maximum absolute atomic E-state index is 7.32. The lowest BCUT2D eigenvalue weighted by Gasteiger charge is -2.29. The molecule has 0 fully saturated rings. The largest absolute Gasteiger partial charge is 0.314 e. The second-order valence-corrected chi connectivity index (χ2v) is 10.7. The first-order valence-electron chi connectivity index (χ1n) is 15.3. The Hall–Kier alpha value is -5.13. The molecule has 0 heterocycles. The summed E-state index contributed by atoms with van der Waals surface area (Å²) in [6.07, 6.45) is 27.2. The fourth-order valence-electron chi connectivity index (χ4n) is 4.89. The van der Waals surface area contributed by atoms with Gasteiger partial charge in [0.05, 0.1) is 6.07 Å². The van der Waals surface area contributed by atoms with Gasteiger partial charge in [0.15, 0.2) is 0 Å². The third kappa shape index (κ3) is 10.8. The zero-order chi connectivity index (χ0) is 33.2. The van der Waals surface area contributed by atoms with Crippen LogP contribution in [0.4, 0.5) is 5.69 Å². The first kappa shape index (κ1) is 36.1. The molecule has 0 saturated carbocycles. The second kappa shape index (κ2) is 19.2. The van der Waals surface area contributed by atoms with E-state index in [0.717, 1.165) is 46.6 Å². The van der Waals surface area contributed by atoms with Gasteiger partial charge in [-0.15, -0.1) is 0 Å². The van der Waals surface area contributed by atoms with Crippen LogP contribution in [0.1, 0.15) is 64.2 Å². The van der Waals surface area contributed by atoms with Crippen molar-refractivity contribution in [3.8, 4) is 6.07 Å². The van der Waals surface area contributed by atoms with Crippen molar-refractivity contribution in [1.82, 2.24) is 0 Å². The zero-order valence-corrected chi connectivity index (χ0v) is 28.0. The number of aryl methyl sites for hydroxylation is 1.